The third-order valence-electron chi connectivity index (χ3n) is 3.83. The van der Waals surface area contributed by atoms with Gasteiger partial charge in [-0.3, -0.25) is 0 Å². The Morgan fingerprint density at radius 3 is 2.24 bits per heavy atom. The number of benzene rings is 2. The molecule has 0 amide bonds. The lowest BCUT2D eigenvalue weighted by molar-refractivity contribution is 0.281. The molecule has 0 aliphatic carbocycles. The maximum atomic E-state index is 9.92. The van der Waals surface area contributed by atoms with Crippen molar-refractivity contribution in [2.75, 3.05) is 20.6 Å². The first-order valence-electron chi connectivity index (χ1n) is 7.32. The molecule has 21 heavy (non-hydrogen) atoms. The van der Waals surface area contributed by atoms with Gasteiger partial charge in [-0.15, -0.1) is 0 Å². The summed E-state index contributed by atoms with van der Waals surface area (Å²) in [5, 5.41) is 13.4. The van der Waals surface area contributed by atoms with Crippen LogP contribution in [0.3, 0.4) is 0 Å². The van der Waals surface area contributed by atoms with Crippen LogP contribution in [-0.4, -0.2) is 30.6 Å². The monoisotopic (exact) mass is 284 g/mol. The van der Waals surface area contributed by atoms with Crippen molar-refractivity contribution < 1.29 is 5.11 Å². The summed E-state index contributed by atoms with van der Waals surface area (Å²) in [5.41, 5.74) is 2.22. The van der Waals surface area contributed by atoms with E-state index in [9.17, 15) is 5.11 Å². The zero-order chi connectivity index (χ0) is 15.2. The molecule has 2 atom stereocenters. The van der Waals surface area contributed by atoms with E-state index in [-0.39, 0.29) is 6.04 Å². The summed E-state index contributed by atoms with van der Waals surface area (Å²) in [4.78, 5) is 2.21. The molecule has 2 unspecified atom stereocenters. The standard InChI is InChI=1S/C18H24N2O/c1-14(16-11-7-8-12-18(16)21)19-13-17(20(2)3)15-9-5-4-6-10-15/h4-12,14,17,19,21H,13H2,1-3H3. The topological polar surface area (TPSA) is 35.5 Å². The average molecular weight is 284 g/mol. The Labute approximate surface area is 127 Å². The van der Waals surface area contributed by atoms with Crippen LogP contribution in [0.1, 0.15) is 30.1 Å². The Bertz CT molecular complexity index is 554. The second-order valence-electron chi connectivity index (χ2n) is 5.58. The summed E-state index contributed by atoms with van der Waals surface area (Å²) < 4.78 is 0. The number of phenols is 1. The van der Waals surface area contributed by atoms with Gasteiger partial charge in [-0.25, -0.2) is 0 Å². The van der Waals surface area contributed by atoms with Gasteiger partial charge in [0.1, 0.15) is 5.75 Å². The Balaban J connectivity index is 2.04. The molecule has 3 heteroatoms. The molecule has 2 rings (SSSR count). The fourth-order valence-corrected chi connectivity index (χ4v) is 2.53. The molecule has 0 spiro atoms. The van der Waals surface area contributed by atoms with E-state index in [2.05, 4.69) is 55.5 Å². The van der Waals surface area contributed by atoms with Crippen LogP contribution >= 0.6 is 0 Å². The highest BCUT2D eigenvalue weighted by Crippen LogP contribution is 2.24. The summed E-state index contributed by atoms with van der Waals surface area (Å²) in [7, 11) is 4.17. The van der Waals surface area contributed by atoms with E-state index in [1.54, 1.807) is 6.07 Å². The van der Waals surface area contributed by atoms with Crippen LogP contribution in [0.4, 0.5) is 0 Å². The highest BCUT2D eigenvalue weighted by atomic mass is 16.3. The highest BCUT2D eigenvalue weighted by Gasteiger charge is 2.16. The molecule has 0 bridgehead atoms. The lowest BCUT2D eigenvalue weighted by Gasteiger charge is -2.27. The minimum atomic E-state index is 0.109. The largest absolute Gasteiger partial charge is 0.508 e. The predicted molar refractivity (Wildman–Crippen MR) is 87.4 cm³/mol. The first-order valence-corrected chi connectivity index (χ1v) is 7.32. The van der Waals surface area contributed by atoms with Gasteiger partial charge < -0.3 is 15.3 Å². The smallest absolute Gasteiger partial charge is 0.120 e. The minimum absolute atomic E-state index is 0.109. The Hall–Kier alpha value is -1.84. The van der Waals surface area contributed by atoms with Crippen LogP contribution in [0.25, 0.3) is 0 Å². The first kappa shape index (κ1) is 15.5. The summed E-state index contributed by atoms with van der Waals surface area (Å²) in [6.45, 7) is 2.90. The molecule has 0 saturated heterocycles. The molecular weight excluding hydrogens is 260 g/mol. The summed E-state index contributed by atoms with van der Waals surface area (Å²) >= 11 is 0. The second-order valence-corrected chi connectivity index (χ2v) is 5.58. The summed E-state index contributed by atoms with van der Waals surface area (Å²) in [6, 6.07) is 18.4. The van der Waals surface area contributed by atoms with E-state index >= 15 is 0 Å². The molecule has 0 saturated carbocycles. The minimum Gasteiger partial charge on any atom is -0.508 e. The van der Waals surface area contributed by atoms with Crippen molar-refractivity contribution in [1.29, 1.82) is 0 Å². The van der Waals surface area contributed by atoms with E-state index < -0.39 is 0 Å². The number of phenolic OH excluding ortho intramolecular Hbond substituents is 1. The van der Waals surface area contributed by atoms with Crippen molar-refractivity contribution in [2.24, 2.45) is 0 Å². The number of nitrogens with zero attached hydrogens (tertiary/aromatic N) is 1. The van der Waals surface area contributed by atoms with Gasteiger partial charge in [0, 0.05) is 24.2 Å². The molecule has 0 aliphatic rings. The molecule has 0 aliphatic heterocycles. The molecule has 2 aromatic rings. The molecule has 112 valence electrons. The average Bonchev–Trinajstić information content (AvgIpc) is 2.48. The summed E-state index contributed by atoms with van der Waals surface area (Å²) in [6.07, 6.45) is 0. The number of likely N-dealkylation sites (N-methyl/N-ethyl adjacent to an activating group) is 1. The van der Waals surface area contributed by atoms with Gasteiger partial charge in [0.15, 0.2) is 0 Å². The van der Waals surface area contributed by atoms with Gasteiger partial charge >= 0.3 is 0 Å². The molecule has 2 aromatic carbocycles. The van der Waals surface area contributed by atoms with Crippen LogP contribution in [-0.2, 0) is 0 Å². The Morgan fingerprint density at radius 2 is 1.62 bits per heavy atom. The lowest BCUT2D eigenvalue weighted by atomic mass is 10.0. The quantitative estimate of drug-likeness (QED) is 0.854. The van der Waals surface area contributed by atoms with E-state index in [1.807, 2.05) is 24.3 Å². The first-order chi connectivity index (χ1) is 10.1. The van der Waals surface area contributed by atoms with Crippen LogP contribution < -0.4 is 5.32 Å². The molecule has 3 nitrogen and oxygen atoms in total. The SMILES string of the molecule is CC(NCC(c1ccccc1)N(C)C)c1ccccc1O. The van der Waals surface area contributed by atoms with Crippen molar-refractivity contribution in [2.45, 2.75) is 19.0 Å². The van der Waals surface area contributed by atoms with Crippen molar-refractivity contribution in [3.8, 4) is 5.75 Å². The third kappa shape index (κ3) is 4.06. The van der Waals surface area contributed by atoms with Gasteiger partial charge in [-0.2, -0.15) is 0 Å². The Kier molecular flexibility index (Phi) is 5.37. The fraction of sp³-hybridized carbons (Fsp3) is 0.333. The van der Waals surface area contributed by atoms with Crippen LogP contribution in [0.5, 0.6) is 5.75 Å². The number of para-hydroxylation sites is 1. The van der Waals surface area contributed by atoms with Crippen molar-refractivity contribution >= 4 is 0 Å². The van der Waals surface area contributed by atoms with E-state index in [4.69, 9.17) is 0 Å². The van der Waals surface area contributed by atoms with Gasteiger partial charge in [0.05, 0.1) is 0 Å². The molecular formula is C18H24N2O. The van der Waals surface area contributed by atoms with E-state index in [0.29, 0.717) is 11.8 Å². The number of nitrogens with one attached hydrogen (secondary N) is 1. The Morgan fingerprint density at radius 1 is 1.00 bits per heavy atom. The van der Waals surface area contributed by atoms with Gasteiger partial charge in [0.2, 0.25) is 0 Å². The fourth-order valence-electron chi connectivity index (χ4n) is 2.53. The summed E-state index contributed by atoms with van der Waals surface area (Å²) in [5.74, 6) is 0.346. The second kappa shape index (κ2) is 7.25. The third-order valence-corrected chi connectivity index (χ3v) is 3.83. The highest BCUT2D eigenvalue weighted by molar-refractivity contribution is 5.34. The van der Waals surface area contributed by atoms with Crippen molar-refractivity contribution in [1.82, 2.24) is 10.2 Å². The predicted octanol–water partition coefficient (Wildman–Crippen LogP) is 3.35. The van der Waals surface area contributed by atoms with Gasteiger partial charge in [-0.05, 0) is 32.6 Å². The van der Waals surface area contributed by atoms with Crippen molar-refractivity contribution in [3.63, 3.8) is 0 Å². The maximum Gasteiger partial charge on any atom is 0.120 e. The normalized spacial score (nSPS) is 14.1. The molecule has 0 fully saturated rings. The van der Waals surface area contributed by atoms with Gasteiger partial charge in [0.25, 0.3) is 0 Å². The van der Waals surface area contributed by atoms with Crippen LogP contribution in [0, 0.1) is 0 Å². The maximum absolute atomic E-state index is 9.92. The number of hydrogen-bond donors (Lipinski definition) is 2. The van der Waals surface area contributed by atoms with Crippen molar-refractivity contribution in [3.05, 3.63) is 65.7 Å². The lowest BCUT2D eigenvalue weighted by Crippen LogP contribution is -2.32. The van der Waals surface area contributed by atoms with Gasteiger partial charge in [-0.1, -0.05) is 48.5 Å². The number of rotatable bonds is 6. The molecule has 0 radical (unpaired) electrons. The van der Waals surface area contributed by atoms with E-state index in [1.165, 1.54) is 5.56 Å². The molecule has 0 heterocycles. The van der Waals surface area contributed by atoms with Crippen LogP contribution in [0.2, 0.25) is 0 Å². The zero-order valence-corrected chi connectivity index (χ0v) is 13.0. The molecule has 2 N–H and O–H groups in total. The van der Waals surface area contributed by atoms with Crippen LogP contribution in [0.15, 0.2) is 54.6 Å². The number of aromatic hydroxyl groups is 1. The number of hydrogen-bond acceptors (Lipinski definition) is 3. The van der Waals surface area contributed by atoms with E-state index in [0.717, 1.165) is 12.1 Å². The molecule has 0 aromatic heterocycles. The zero-order valence-electron chi connectivity index (χ0n) is 13.0.